The van der Waals surface area contributed by atoms with Crippen LogP contribution in [0.25, 0.3) is 11.1 Å². The monoisotopic (exact) mass is 287 g/mol. The number of rotatable bonds is 2. The smallest absolute Gasteiger partial charge is 0.221 e. The highest BCUT2D eigenvalue weighted by molar-refractivity contribution is 7.98. The predicted octanol–water partition coefficient (Wildman–Crippen LogP) is 4.08. The second-order valence-corrected chi connectivity index (χ2v) is 5.65. The number of carbonyl (C=O) groups is 1. The zero-order valence-electron chi connectivity index (χ0n) is 11.3. The average Bonchev–Trinajstić information content (AvgIpc) is 2.75. The summed E-state index contributed by atoms with van der Waals surface area (Å²) in [5, 5.41) is 2.86. The molecule has 3 rings (SSSR count). The van der Waals surface area contributed by atoms with Gasteiger partial charge in [-0.2, -0.15) is 0 Å². The lowest BCUT2D eigenvalue weighted by molar-refractivity contribution is -0.114. The number of hydrogen-bond acceptors (Lipinski definition) is 2. The van der Waals surface area contributed by atoms with Gasteiger partial charge in [0.25, 0.3) is 0 Å². The van der Waals surface area contributed by atoms with Crippen LogP contribution in [0.5, 0.6) is 0 Å². The molecule has 20 heavy (non-hydrogen) atoms. The summed E-state index contributed by atoms with van der Waals surface area (Å²) in [6, 6.07) is 8.85. The number of anilines is 1. The summed E-state index contributed by atoms with van der Waals surface area (Å²) in [4.78, 5) is 12.3. The van der Waals surface area contributed by atoms with E-state index in [1.807, 2.05) is 24.5 Å². The highest BCUT2D eigenvalue weighted by atomic mass is 32.2. The Balaban J connectivity index is 2.14. The normalized spacial score (nSPS) is 11.9. The molecule has 0 unspecified atom stereocenters. The van der Waals surface area contributed by atoms with Crippen molar-refractivity contribution in [3.63, 3.8) is 0 Å². The number of carbonyl (C=O) groups excluding carboxylic acids is 1. The van der Waals surface area contributed by atoms with Crippen LogP contribution in [0.4, 0.5) is 10.1 Å². The molecule has 0 fully saturated rings. The fourth-order valence-electron chi connectivity index (χ4n) is 2.74. The minimum Gasteiger partial charge on any atom is -0.325 e. The number of benzene rings is 2. The maximum Gasteiger partial charge on any atom is 0.221 e. The van der Waals surface area contributed by atoms with Crippen molar-refractivity contribution in [2.45, 2.75) is 18.2 Å². The number of thioether (sulfide) groups is 1. The Morgan fingerprint density at radius 3 is 2.70 bits per heavy atom. The van der Waals surface area contributed by atoms with Gasteiger partial charge in [-0.15, -0.1) is 11.8 Å². The highest BCUT2D eigenvalue weighted by Crippen LogP contribution is 2.44. The van der Waals surface area contributed by atoms with Crippen LogP contribution in [0.3, 0.4) is 0 Å². The average molecular weight is 287 g/mol. The van der Waals surface area contributed by atoms with Crippen LogP contribution in [-0.2, 0) is 11.2 Å². The van der Waals surface area contributed by atoms with Crippen LogP contribution in [0.15, 0.2) is 35.2 Å². The number of halogens is 1. The van der Waals surface area contributed by atoms with Crippen molar-refractivity contribution >= 4 is 23.4 Å². The lowest BCUT2D eigenvalue weighted by Gasteiger charge is -2.12. The molecular weight excluding hydrogens is 273 g/mol. The van der Waals surface area contributed by atoms with Gasteiger partial charge in [-0.05, 0) is 53.1 Å². The summed E-state index contributed by atoms with van der Waals surface area (Å²) in [6.45, 7) is 1.50. The first kappa shape index (κ1) is 13.2. The van der Waals surface area contributed by atoms with Crippen LogP contribution in [-0.4, -0.2) is 12.2 Å². The third-order valence-electron chi connectivity index (χ3n) is 3.50. The Morgan fingerprint density at radius 1 is 1.25 bits per heavy atom. The second kappa shape index (κ2) is 4.94. The second-order valence-electron chi connectivity index (χ2n) is 4.83. The molecule has 2 aromatic carbocycles. The minimum atomic E-state index is -0.204. The van der Waals surface area contributed by atoms with Crippen LogP contribution in [0.1, 0.15) is 18.1 Å². The third-order valence-corrected chi connectivity index (χ3v) is 4.37. The molecule has 0 bridgehead atoms. The number of amides is 1. The Labute approximate surface area is 121 Å². The van der Waals surface area contributed by atoms with E-state index in [0.29, 0.717) is 6.42 Å². The Hall–Kier alpha value is -1.81. The van der Waals surface area contributed by atoms with Crippen molar-refractivity contribution in [3.05, 3.63) is 47.3 Å². The first-order valence-electron chi connectivity index (χ1n) is 6.36. The molecule has 0 spiro atoms. The fourth-order valence-corrected chi connectivity index (χ4v) is 3.51. The van der Waals surface area contributed by atoms with Crippen LogP contribution in [0.2, 0.25) is 0 Å². The number of fused-ring (bicyclic) bond motifs is 3. The molecule has 0 radical (unpaired) electrons. The quantitative estimate of drug-likeness (QED) is 0.720. The van der Waals surface area contributed by atoms with E-state index in [1.54, 1.807) is 17.8 Å². The number of hydrogen-bond donors (Lipinski definition) is 1. The van der Waals surface area contributed by atoms with E-state index in [2.05, 4.69) is 5.32 Å². The fraction of sp³-hybridized carbons (Fsp3) is 0.188. The van der Waals surface area contributed by atoms with Crippen molar-refractivity contribution in [3.8, 4) is 11.1 Å². The van der Waals surface area contributed by atoms with Crippen molar-refractivity contribution in [1.82, 2.24) is 0 Å². The van der Waals surface area contributed by atoms with E-state index in [-0.39, 0.29) is 11.7 Å². The van der Waals surface area contributed by atoms with Crippen molar-refractivity contribution in [2.75, 3.05) is 11.6 Å². The van der Waals surface area contributed by atoms with Crippen molar-refractivity contribution in [1.29, 1.82) is 0 Å². The largest absolute Gasteiger partial charge is 0.325 e. The highest BCUT2D eigenvalue weighted by Gasteiger charge is 2.23. The Morgan fingerprint density at radius 2 is 2.00 bits per heavy atom. The summed E-state index contributed by atoms with van der Waals surface area (Å²) in [5.74, 6) is -0.286. The molecule has 1 aliphatic carbocycles. The molecule has 0 saturated heterocycles. The van der Waals surface area contributed by atoms with Gasteiger partial charge in [-0.1, -0.05) is 12.1 Å². The number of nitrogens with one attached hydrogen (secondary N) is 1. The first-order chi connectivity index (χ1) is 9.60. The molecule has 0 aromatic heterocycles. The molecular formula is C16H14FNOS. The summed E-state index contributed by atoms with van der Waals surface area (Å²) >= 11 is 1.61. The van der Waals surface area contributed by atoms with E-state index in [9.17, 15) is 9.18 Å². The van der Waals surface area contributed by atoms with E-state index in [4.69, 9.17) is 0 Å². The van der Waals surface area contributed by atoms with Crippen molar-refractivity contribution < 1.29 is 9.18 Å². The van der Waals surface area contributed by atoms with Gasteiger partial charge in [0.05, 0.1) is 5.69 Å². The summed E-state index contributed by atoms with van der Waals surface area (Å²) in [7, 11) is 0. The third kappa shape index (κ3) is 2.10. The first-order valence-corrected chi connectivity index (χ1v) is 7.59. The molecule has 2 nitrogen and oxygen atoms in total. The molecule has 0 atom stereocenters. The SMILES string of the molecule is CSc1c(NC(C)=O)ccc2c1Cc1cc(F)ccc1-2. The lowest BCUT2D eigenvalue weighted by atomic mass is 10.1. The van der Waals surface area contributed by atoms with Gasteiger partial charge < -0.3 is 5.32 Å². The van der Waals surface area contributed by atoms with Crippen LogP contribution < -0.4 is 5.32 Å². The van der Waals surface area contributed by atoms with Gasteiger partial charge in [0, 0.05) is 11.8 Å². The van der Waals surface area contributed by atoms with Gasteiger partial charge >= 0.3 is 0 Å². The minimum absolute atomic E-state index is 0.0817. The van der Waals surface area contributed by atoms with Crippen LogP contribution in [0, 0.1) is 5.82 Å². The Bertz CT molecular complexity index is 712. The van der Waals surface area contributed by atoms with E-state index >= 15 is 0 Å². The summed E-state index contributed by atoms with van der Waals surface area (Å²) in [6.07, 6.45) is 2.70. The van der Waals surface area contributed by atoms with Gasteiger partial charge in [0.1, 0.15) is 5.82 Å². The molecule has 1 N–H and O–H groups in total. The molecule has 0 aliphatic heterocycles. The van der Waals surface area contributed by atoms with E-state index < -0.39 is 0 Å². The topological polar surface area (TPSA) is 29.1 Å². The maximum atomic E-state index is 13.4. The molecule has 1 amide bonds. The van der Waals surface area contributed by atoms with Crippen LogP contribution >= 0.6 is 11.8 Å². The maximum absolute atomic E-state index is 13.4. The zero-order valence-corrected chi connectivity index (χ0v) is 12.1. The predicted molar refractivity (Wildman–Crippen MR) is 80.7 cm³/mol. The molecule has 0 heterocycles. The zero-order chi connectivity index (χ0) is 14.3. The van der Waals surface area contributed by atoms with Gasteiger partial charge in [-0.25, -0.2) is 4.39 Å². The van der Waals surface area contributed by atoms with Crippen molar-refractivity contribution in [2.24, 2.45) is 0 Å². The molecule has 4 heteroatoms. The lowest BCUT2D eigenvalue weighted by Crippen LogP contribution is -2.07. The molecule has 2 aromatic rings. The summed E-state index contributed by atoms with van der Waals surface area (Å²) < 4.78 is 13.4. The van der Waals surface area contributed by atoms with Gasteiger partial charge in [0.2, 0.25) is 5.91 Å². The summed E-state index contributed by atoms with van der Waals surface area (Å²) in [5.41, 5.74) is 5.24. The molecule has 102 valence electrons. The Kier molecular flexibility index (Phi) is 3.26. The molecule has 1 aliphatic rings. The van der Waals surface area contributed by atoms with E-state index in [0.717, 1.165) is 27.3 Å². The van der Waals surface area contributed by atoms with Gasteiger partial charge in [-0.3, -0.25) is 4.79 Å². The van der Waals surface area contributed by atoms with E-state index in [1.165, 1.54) is 18.6 Å². The molecule has 0 saturated carbocycles. The standard InChI is InChI=1S/C16H14FNOS/c1-9(19)18-15-6-5-13-12-4-3-11(17)7-10(12)8-14(13)16(15)20-2/h3-7H,8H2,1-2H3,(H,18,19). The van der Waals surface area contributed by atoms with Gasteiger partial charge in [0.15, 0.2) is 0 Å².